The number of fused-ring (bicyclic) bond motifs is 1. The Bertz CT molecular complexity index is 837. The molecule has 0 saturated heterocycles. The highest BCUT2D eigenvalue weighted by Gasteiger charge is 2.38. The molecule has 0 spiro atoms. The van der Waals surface area contributed by atoms with Gasteiger partial charge in [-0.1, -0.05) is 6.58 Å². The van der Waals surface area contributed by atoms with Gasteiger partial charge in [0.05, 0.1) is 12.2 Å². The molecule has 1 aliphatic rings. The lowest BCUT2D eigenvalue weighted by atomic mass is 10.2. The van der Waals surface area contributed by atoms with E-state index in [4.69, 9.17) is 0 Å². The molecular formula is C14H10F5N5. The van der Waals surface area contributed by atoms with Crippen LogP contribution in [0.1, 0.15) is 5.82 Å². The molecule has 5 nitrogen and oxygen atoms in total. The Morgan fingerprint density at radius 3 is 2.62 bits per heavy atom. The average molecular weight is 343 g/mol. The van der Waals surface area contributed by atoms with Crippen LogP contribution in [0.2, 0.25) is 0 Å². The van der Waals surface area contributed by atoms with Crippen LogP contribution < -0.4 is 10.6 Å². The van der Waals surface area contributed by atoms with E-state index in [0.717, 1.165) is 16.8 Å². The van der Waals surface area contributed by atoms with Gasteiger partial charge in [-0.25, -0.2) is 8.78 Å². The lowest BCUT2D eigenvalue weighted by Gasteiger charge is -2.18. The van der Waals surface area contributed by atoms with Crippen molar-refractivity contribution in [2.45, 2.75) is 6.18 Å². The van der Waals surface area contributed by atoms with Gasteiger partial charge < -0.3 is 10.6 Å². The summed E-state index contributed by atoms with van der Waals surface area (Å²) in [6.45, 7) is 3.73. The molecule has 0 fully saturated rings. The van der Waals surface area contributed by atoms with E-state index in [-0.39, 0.29) is 18.2 Å². The fourth-order valence-electron chi connectivity index (χ4n) is 2.05. The molecule has 3 rings (SSSR count). The van der Waals surface area contributed by atoms with Gasteiger partial charge in [0, 0.05) is 17.5 Å². The summed E-state index contributed by atoms with van der Waals surface area (Å²) in [4.78, 5) is 3.38. The Morgan fingerprint density at radius 1 is 1.21 bits per heavy atom. The largest absolute Gasteiger partial charge is 0.453 e. The maximum absolute atomic E-state index is 13.1. The molecule has 0 saturated carbocycles. The van der Waals surface area contributed by atoms with Gasteiger partial charge in [-0.15, -0.1) is 5.10 Å². The van der Waals surface area contributed by atoms with Crippen LogP contribution in [0.4, 0.5) is 33.6 Å². The topological polar surface area (TPSA) is 54.8 Å². The third-order valence-corrected chi connectivity index (χ3v) is 3.15. The molecule has 0 amide bonds. The van der Waals surface area contributed by atoms with E-state index in [1.165, 1.54) is 12.1 Å². The molecule has 0 unspecified atom stereocenters. The SMILES string of the molecule is C=C1C=C(CNc2ccc(F)c(F)c2)Nc2nc(C(F)(F)F)nn21. The quantitative estimate of drug-likeness (QED) is 0.838. The predicted octanol–water partition coefficient (Wildman–Crippen LogP) is 3.47. The number of allylic oxidation sites excluding steroid dienone is 2. The number of alkyl halides is 3. The normalized spacial score (nSPS) is 14.0. The van der Waals surface area contributed by atoms with Gasteiger partial charge in [-0.3, -0.25) is 0 Å². The molecule has 2 N–H and O–H groups in total. The molecule has 0 aliphatic carbocycles. The van der Waals surface area contributed by atoms with Crippen LogP contribution in [0.15, 0.2) is 36.6 Å². The number of nitrogens with one attached hydrogen (secondary N) is 2. The van der Waals surface area contributed by atoms with Crippen molar-refractivity contribution in [3.05, 3.63) is 54.0 Å². The number of nitrogens with zero attached hydrogens (tertiary/aromatic N) is 3. The van der Waals surface area contributed by atoms with E-state index < -0.39 is 23.6 Å². The molecule has 1 aromatic heterocycles. The lowest BCUT2D eigenvalue weighted by molar-refractivity contribution is -0.144. The molecule has 0 bridgehead atoms. The summed E-state index contributed by atoms with van der Waals surface area (Å²) in [5, 5.41) is 8.83. The molecular weight excluding hydrogens is 333 g/mol. The first-order valence-electron chi connectivity index (χ1n) is 6.64. The van der Waals surface area contributed by atoms with Gasteiger partial charge in [0.1, 0.15) is 0 Å². The van der Waals surface area contributed by atoms with E-state index in [2.05, 4.69) is 27.3 Å². The minimum atomic E-state index is -4.67. The number of hydrogen-bond acceptors (Lipinski definition) is 4. The van der Waals surface area contributed by atoms with E-state index >= 15 is 0 Å². The molecule has 0 atom stereocenters. The molecule has 0 radical (unpaired) electrons. The first kappa shape index (κ1) is 16.0. The lowest BCUT2D eigenvalue weighted by Crippen LogP contribution is -2.19. The number of hydrogen-bond donors (Lipinski definition) is 2. The second kappa shape index (κ2) is 5.62. The van der Waals surface area contributed by atoms with Crippen LogP contribution in [0.3, 0.4) is 0 Å². The Morgan fingerprint density at radius 2 is 1.96 bits per heavy atom. The van der Waals surface area contributed by atoms with Crippen molar-refractivity contribution in [1.29, 1.82) is 0 Å². The van der Waals surface area contributed by atoms with E-state index in [1.54, 1.807) is 0 Å². The van der Waals surface area contributed by atoms with E-state index in [1.807, 2.05) is 0 Å². The number of benzene rings is 1. The number of halogens is 5. The second-order valence-electron chi connectivity index (χ2n) is 4.94. The number of rotatable bonds is 3. The maximum atomic E-state index is 13.1. The second-order valence-corrected chi connectivity index (χ2v) is 4.94. The van der Waals surface area contributed by atoms with Crippen molar-refractivity contribution in [2.24, 2.45) is 0 Å². The monoisotopic (exact) mass is 343 g/mol. The molecule has 1 aromatic carbocycles. The summed E-state index contributed by atoms with van der Waals surface area (Å²) in [6.07, 6.45) is -3.20. The molecule has 2 heterocycles. The Kier molecular flexibility index (Phi) is 3.74. The Balaban J connectivity index is 1.73. The number of anilines is 2. The average Bonchev–Trinajstić information content (AvgIpc) is 2.93. The van der Waals surface area contributed by atoms with E-state index in [0.29, 0.717) is 11.4 Å². The van der Waals surface area contributed by atoms with E-state index in [9.17, 15) is 22.0 Å². The van der Waals surface area contributed by atoms with Crippen molar-refractivity contribution in [3.8, 4) is 0 Å². The van der Waals surface area contributed by atoms with Crippen molar-refractivity contribution in [2.75, 3.05) is 17.2 Å². The highest BCUT2D eigenvalue weighted by Crippen LogP contribution is 2.30. The summed E-state index contributed by atoms with van der Waals surface area (Å²) >= 11 is 0. The van der Waals surface area contributed by atoms with Crippen molar-refractivity contribution in [3.63, 3.8) is 0 Å². The predicted molar refractivity (Wildman–Crippen MR) is 76.9 cm³/mol. The zero-order valence-electron chi connectivity index (χ0n) is 12.0. The highest BCUT2D eigenvalue weighted by molar-refractivity contribution is 5.66. The van der Waals surface area contributed by atoms with Gasteiger partial charge in [0.25, 0.3) is 5.82 Å². The molecule has 10 heteroatoms. The van der Waals surface area contributed by atoms with Gasteiger partial charge in [-0.2, -0.15) is 22.8 Å². The Labute approximate surface area is 132 Å². The van der Waals surface area contributed by atoms with Gasteiger partial charge in [0.15, 0.2) is 11.6 Å². The fourth-order valence-corrected chi connectivity index (χ4v) is 2.05. The summed E-state index contributed by atoms with van der Waals surface area (Å²) in [5.41, 5.74) is 0.942. The smallest absolute Gasteiger partial charge is 0.379 e. The maximum Gasteiger partial charge on any atom is 0.453 e. The van der Waals surface area contributed by atoms with Gasteiger partial charge in [-0.05, 0) is 18.2 Å². The molecule has 24 heavy (non-hydrogen) atoms. The van der Waals surface area contributed by atoms with Crippen molar-refractivity contribution in [1.82, 2.24) is 14.8 Å². The first-order chi connectivity index (χ1) is 11.2. The van der Waals surface area contributed by atoms with Crippen LogP contribution in [0.25, 0.3) is 5.70 Å². The summed E-state index contributed by atoms with van der Waals surface area (Å²) < 4.78 is 64.9. The van der Waals surface area contributed by atoms with Crippen molar-refractivity contribution >= 4 is 17.3 Å². The van der Waals surface area contributed by atoms with Crippen LogP contribution in [-0.2, 0) is 6.18 Å². The zero-order valence-corrected chi connectivity index (χ0v) is 12.0. The molecule has 126 valence electrons. The van der Waals surface area contributed by atoms with Gasteiger partial charge in [0.2, 0.25) is 5.95 Å². The molecule has 2 aromatic rings. The number of aromatic nitrogens is 3. The summed E-state index contributed by atoms with van der Waals surface area (Å²) in [7, 11) is 0. The van der Waals surface area contributed by atoms with Gasteiger partial charge >= 0.3 is 6.18 Å². The molecule has 1 aliphatic heterocycles. The van der Waals surface area contributed by atoms with Crippen molar-refractivity contribution < 1.29 is 22.0 Å². The minimum Gasteiger partial charge on any atom is -0.379 e. The summed E-state index contributed by atoms with van der Waals surface area (Å²) in [5.74, 6) is -3.40. The van der Waals surface area contributed by atoms with Crippen LogP contribution >= 0.6 is 0 Å². The van der Waals surface area contributed by atoms with Crippen LogP contribution in [0.5, 0.6) is 0 Å². The first-order valence-corrected chi connectivity index (χ1v) is 6.64. The fraction of sp³-hybridized carbons (Fsp3) is 0.143. The van der Waals surface area contributed by atoms with Crippen LogP contribution in [0, 0.1) is 11.6 Å². The third-order valence-electron chi connectivity index (χ3n) is 3.15. The third kappa shape index (κ3) is 3.07. The van der Waals surface area contributed by atoms with Crippen LogP contribution in [-0.4, -0.2) is 21.3 Å². The minimum absolute atomic E-state index is 0.109. The highest BCUT2D eigenvalue weighted by atomic mass is 19.4. The standard InChI is InChI=1S/C14H10F5N5/c1-7-4-9(6-20-8-2-3-10(15)11(16)5-8)21-13-22-12(14(17,18)19)23-24(7)13/h2-5,20H,1,6H2,(H,21,22,23). The summed E-state index contributed by atoms with van der Waals surface area (Å²) in [6, 6.07) is 3.27. The zero-order chi connectivity index (χ0) is 17.5. The Hall–Kier alpha value is -2.91.